The molecule has 80 valence electrons. The van der Waals surface area contributed by atoms with Crippen molar-refractivity contribution < 1.29 is 14.6 Å². The molecule has 0 aliphatic carbocycles. The van der Waals surface area contributed by atoms with E-state index < -0.39 is 0 Å². The molecule has 0 aromatic heterocycles. The third kappa shape index (κ3) is 3.38. The smallest absolute Gasteiger partial charge is 0.331 e. The molecule has 0 bridgehead atoms. The molecule has 0 radical (unpaired) electrons. The van der Waals surface area contributed by atoms with E-state index in [0.29, 0.717) is 5.92 Å². The summed E-state index contributed by atoms with van der Waals surface area (Å²) in [5.74, 6) is 0.00201. The number of rotatable bonds is 3. The van der Waals surface area contributed by atoms with Crippen molar-refractivity contribution in [2.24, 2.45) is 5.92 Å². The number of hydrogen-bond donors (Lipinski definition) is 1. The Morgan fingerprint density at radius 2 is 2.50 bits per heavy atom. The van der Waals surface area contributed by atoms with Crippen molar-refractivity contribution in [2.75, 3.05) is 26.8 Å². The van der Waals surface area contributed by atoms with Gasteiger partial charge in [0.1, 0.15) is 0 Å². The highest BCUT2D eigenvalue weighted by molar-refractivity contribution is 5.81. The summed E-state index contributed by atoms with van der Waals surface area (Å²) < 4.78 is 4.49. The molecule has 1 rings (SSSR count). The van der Waals surface area contributed by atoms with Crippen molar-refractivity contribution in [3.05, 3.63) is 12.3 Å². The average molecular weight is 199 g/mol. The first kappa shape index (κ1) is 11.0. The Balaban J connectivity index is 2.37. The molecule has 0 aromatic carbocycles. The molecule has 0 amide bonds. The molecule has 1 saturated heterocycles. The van der Waals surface area contributed by atoms with Crippen molar-refractivity contribution in [1.29, 1.82) is 0 Å². The summed E-state index contributed by atoms with van der Waals surface area (Å²) in [6.07, 6.45) is 5.29. The van der Waals surface area contributed by atoms with Crippen molar-refractivity contribution in [1.82, 2.24) is 4.90 Å². The number of carbonyl (C=O) groups is 1. The quantitative estimate of drug-likeness (QED) is 0.527. The Hall–Kier alpha value is -1.03. The molecule has 0 spiro atoms. The molecule has 1 unspecified atom stereocenters. The van der Waals surface area contributed by atoms with E-state index in [1.54, 1.807) is 6.20 Å². The number of nitrogens with zero attached hydrogens (tertiary/aromatic N) is 1. The van der Waals surface area contributed by atoms with Gasteiger partial charge in [-0.25, -0.2) is 4.79 Å². The number of carbonyl (C=O) groups excluding carboxylic acids is 1. The minimum atomic E-state index is -0.337. The molecule has 1 aliphatic heterocycles. The number of ether oxygens (including phenoxy) is 1. The molecule has 1 atom stereocenters. The first-order valence-electron chi connectivity index (χ1n) is 4.87. The van der Waals surface area contributed by atoms with Gasteiger partial charge in [-0.2, -0.15) is 0 Å². The fourth-order valence-electron chi connectivity index (χ4n) is 1.62. The molecule has 4 heteroatoms. The zero-order valence-electron chi connectivity index (χ0n) is 8.48. The number of aliphatic hydroxyl groups is 1. The second kappa shape index (κ2) is 5.65. The second-order valence-electron chi connectivity index (χ2n) is 3.52. The summed E-state index contributed by atoms with van der Waals surface area (Å²) in [5.41, 5.74) is 0. The Morgan fingerprint density at radius 1 is 1.71 bits per heavy atom. The van der Waals surface area contributed by atoms with Crippen LogP contribution in [0, 0.1) is 5.92 Å². The summed E-state index contributed by atoms with van der Waals surface area (Å²) in [7, 11) is 1.36. The van der Waals surface area contributed by atoms with E-state index in [0.717, 1.165) is 25.9 Å². The summed E-state index contributed by atoms with van der Waals surface area (Å²) in [4.78, 5) is 12.9. The van der Waals surface area contributed by atoms with E-state index in [1.165, 1.54) is 13.2 Å². The minimum Gasteiger partial charge on any atom is -0.466 e. The van der Waals surface area contributed by atoms with Crippen LogP contribution in [0.25, 0.3) is 0 Å². The maximum atomic E-state index is 10.8. The lowest BCUT2D eigenvalue weighted by Gasteiger charge is -2.30. The van der Waals surface area contributed by atoms with E-state index >= 15 is 0 Å². The van der Waals surface area contributed by atoms with Gasteiger partial charge in [-0.1, -0.05) is 0 Å². The van der Waals surface area contributed by atoms with Gasteiger partial charge in [0.15, 0.2) is 0 Å². The Kier molecular flexibility index (Phi) is 4.46. The maximum absolute atomic E-state index is 10.8. The number of piperidine rings is 1. The van der Waals surface area contributed by atoms with Crippen LogP contribution in [0.15, 0.2) is 12.3 Å². The highest BCUT2D eigenvalue weighted by Gasteiger charge is 2.16. The highest BCUT2D eigenvalue weighted by Crippen LogP contribution is 2.15. The monoisotopic (exact) mass is 199 g/mol. The van der Waals surface area contributed by atoms with Crippen LogP contribution < -0.4 is 0 Å². The first-order valence-corrected chi connectivity index (χ1v) is 4.87. The van der Waals surface area contributed by atoms with Gasteiger partial charge in [0.2, 0.25) is 0 Å². The Morgan fingerprint density at radius 3 is 3.14 bits per heavy atom. The number of aliphatic hydroxyl groups excluding tert-OH is 1. The molecule has 0 aromatic rings. The van der Waals surface area contributed by atoms with Gasteiger partial charge in [0, 0.05) is 32.0 Å². The van der Waals surface area contributed by atoms with Crippen LogP contribution in [-0.2, 0) is 9.53 Å². The average Bonchev–Trinajstić information content (AvgIpc) is 2.26. The van der Waals surface area contributed by atoms with Crippen molar-refractivity contribution in [2.45, 2.75) is 12.8 Å². The number of hydrogen-bond acceptors (Lipinski definition) is 4. The lowest BCUT2D eigenvalue weighted by atomic mass is 9.99. The number of methoxy groups -OCH3 is 1. The molecule has 1 aliphatic rings. The van der Waals surface area contributed by atoms with Gasteiger partial charge in [-0.15, -0.1) is 0 Å². The summed E-state index contributed by atoms with van der Waals surface area (Å²) in [5, 5.41) is 8.99. The molecule has 1 N–H and O–H groups in total. The van der Waals surface area contributed by atoms with E-state index in [2.05, 4.69) is 4.74 Å². The largest absolute Gasteiger partial charge is 0.466 e. The van der Waals surface area contributed by atoms with Gasteiger partial charge in [0.25, 0.3) is 0 Å². The van der Waals surface area contributed by atoms with Gasteiger partial charge < -0.3 is 14.7 Å². The number of esters is 1. The van der Waals surface area contributed by atoms with Crippen LogP contribution in [0.1, 0.15) is 12.8 Å². The molecule has 0 saturated carbocycles. The third-order valence-electron chi connectivity index (χ3n) is 2.43. The normalized spacial score (nSPS) is 22.7. The fraction of sp³-hybridized carbons (Fsp3) is 0.700. The molecule has 14 heavy (non-hydrogen) atoms. The van der Waals surface area contributed by atoms with E-state index in [-0.39, 0.29) is 12.6 Å². The lowest BCUT2D eigenvalue weighted by Crippen LogP contribution is -2.33. The van der Waals surface area contributed by atoms with Crippen LogP contribution in [0.3, 0.4) is 0 Å². The number of likely N-dealkylation sites (tertiary alicyclic amines) is 1. The molecular weight excluding hydrogens is 182 g/mol. The first-order chi connectivity index (χ1) is 6.76. The van der Waals surface area contributed by atoms with E-state index in [9.17, 15) is 4.79 Å². The Bertz CT molecular complexity index is 215. The predicted octanol–water partition coefficient (Wildman–Crippen LogP) is 0.377. The van der Waals surface area contributed by atoms with Gasteiger partial charge in [-0.3, -0.25) is 0 Å². The van der Waals surface area contributed by atoms with Crippen molar-refractivity contribution in [3.8, 4) is 0 Å². The zero-order valence-corrected chi connectivity index (χ0v) is 8.48. The minimum absolute atomic E-state index is 0.225. The van der Waals surface area contributed by atoms with Crippen molar-refractivity contribution in [3.63, 3.8) is 0 Å². The van der Waals surface area contributed by atoms with Gasteiger partial charge in [0.05, 0.1) is 7.11 Å². The summed E-state index contributed by atoms with van der Waals surface area (Å²) >= 11 is 0. The van der Waals surface area contributed by atoms with Crippen LogP contribution >= 0.6 is 0 Å². The SMILES string of the molecule is COC(=O)C=CN1CCCC(CO)C1. The molecular formula is C10H17NO3. The molecule has 4 nitrogen and oxygen atoms in total. The van der Waals surface area contributed by atoms with E-state index in [1.807, 2.05) is 4.90 Å². The van der Waals surface area contributed by atoms with Crippen LogP contribution in [0.5, 0.6) is 0 Å². The van der Waals surface area contributed by atoms with E-state index in [4.69, 9.17) is 5.11 Å². The van der Waals surface area contributed by atoms with Crippen LogP contribution in [0.2, 0.25) is 0 Å². The standard InChI is InChI=1S/C10H17NO3/c1-14-10(13)4-6-11-5-2-3-9(7-11)8-12/h4,6,9,12H,2-3,5,7-8H2,1H3. The fourth-order valence-corrected chi connectivity index (χ4v) is 1.62. The topological polar surface area (TPSA) is 49.8 Å². The summed E-state index contributed by atoms with van der Waals surface area (Å²) in [6.45, 7) is 2.00. The molecule has 1 fully saturated rings. The third-order valence-corrected chi connectivity index (χ3v) is 2.43. The highest BCUT2D eigenvalue weighted by atomic mass is 16.5. The molecule has 1 heterocycles. The van der Waals surface area contributed by atoms with Crippen LogP contribution in [-0.4, -0.2) is 42.8 Å². The second-order valence-corrected chi connectivity index (χ2v) is 3.52. The lowest BCUT2D eigenvalue weighted by molar-refractivity contribution is -0.134. The Labute approximate surface area is 84.2 Å². The zero-order chi connectivity index (χ0) is 10.4. The maximum Gasteiger partial charge on any atom is 0.331 e. The van der Waals surface area contributed by atoms with Crippen molar-refractivity contribution >= 4 is 5.97 Å². The van der Waals surface area contributed by atoms with Crippen LogP contribution in [0.4, 0.5) is 0 Å². The summed E-state index contributed by atoms with van der Waals surface area (Å²) in [6, 6.07) is 0. The van der Waals surface area contributed by atoms with Gasteiger partial charge >= 0.3 is 5.97 Å². The predicted molar refractivity (Wildman–Crippen MR) is 52.5 cm³/mol. The van der Waals surface area contributed by atoms with Gasteiger partial charge in [-0.05, 0) is 18.8 Å².